The summed E-state index contributed by atoms with van der Waals surface area (Å²) >= 11 is 5.95. The summed E-state index contributed by atoms with van der Waals surface area (Å²) in [6, 6.07) is 6.73. The lowest BCUT2D eigenvalue weighted by atomic mass is 9.93. The van der Waals surface area contributed by atoms with Crippen molar-refractivity contribution in [3.8, 4) is 5.95 Å². The number of fused-ring (bicyclic) bond motifs is 1. The molecule has 0 bridgehead atoms. The van der Waals surface area contributed by atoms with Crippen LogP contribution in [-0.4, -0.2) is 75.4 Å². The first-order chi connectivity index (χ1) is 16.8. The monoisotopic (exact) mass is 500 g/mol. The molecular weight excluding hydrogens is 480 g/mol. The lowest BCUT2D eigenvalue weighted by Crippen LogP contribution is -2.33. The molecule has 4 aromatic rings. The molecule has 4 heterocycles. The Bertz CT molecular complexity index is 1390. The van der Waals surface area contributed by atoms with Crippen molar-refractivity contribution in [3.63, 3.8) is 0 Å². The fourth-order valence-electron chi connectivity index (χ4n) is 4.10. The Kier molecular flexibility index (Phi) is 5.86. The van der Waals surface area contributed by atoms with Crippen LogP contribution in [0.1, 0.15) is 23.3 Å². The minimum absolute atomic E-state index is 0.0386. The van der Waals surface area contributed by atoms with Gasteiger partial charge in [-0.3, -0.25) is 9.36 Å². The summed E-state index contributed by atoms with van der Waals surface area (Å²) in [7, 11) is 0. The van der Waals surface area contributed by atoms with Gasteiger partial charge in [0.15, 0.2) is 17.7 Å². The summed E-state index contributed by atoms with van der Waals surface area (Å²) in [4.78, 5) is 25.1. The van der Waals surface area contributed by atoms with Gasteiger partial charge in [0.25, 0.3) is 5.95 Å². The molecule has 0 spiro atoms. The molecule has 1 amide bonds. The van der Waals surface area contributed by atoms with E-state index in [2.05, 4.69) is 20.1 Å². The number of imidazole rings is 1. The first kappa shape index (κ1) is 23.1. The highest BCUT2D eigenvalue weighted by molar-refractivity contribution is 6.30. The molecule has 5 atom stereocenters. The molecule has 7 N–H and O–H groups in total. The largest absolute Gasteiger partial charge is 0.394 e. The molecule has 35 heavy (non-hydrogen) atoms. The molecule has 1 aliphatic rings. The molecule has 5 rings (SSSR count). The zero-order chi connectivity index (χ0) is 24.9. The van der Waals surface area contributed by atoms with Crippen LogP contribution in [0.5, 0.6) is 0 Å². The summed E-state index contributed by atoms with van der Waals surface area (Å²) in [5.74, 6) is -1.26. The van der Waals surface area contributed by atoms with Crippen LogP contribution in [0.25, 0.3) is 17.1 Å². The number of carbonyl (C=O) groups is 1. The Labute approximate surface area is 202 Å². The molecule has 1 aliphatic heterocycles. The van der Waals surface area contributed by atoms with E-state index < -0.39 is 43.0 Å². The number of aromatic nitrogens is 6. The number of nitrogen functional groups attached to an aromatic ring is 1. The first-order valence-corrected chi connectivity index (χ1v) is 10.9. The summed E-state index contributed by atoms with van der Waals surface area (Å²) in [6.45, 7) is -0.478. The number of rotatable bonds is 6. The molecule has 14 heteroatoms. The van der Waals surface area contributed by atoms with Crippen molar-refractivity contribution in [2.45, 2.75) is 30.5 Å². The van der Waals surface area contributed by atoms with E-state index in [1.807, 2.05) is 0 Å². The van der Waals surface area contributed by atoms with Crippen LogP contribution in [0.3, 0.4) is 0 Å². The number of carbonyl (C=O) groups excluding carboxylic acids is 1. The van der Waals surface area contributed by atoms with Crippen molar-refractivity contribution in [2.24, 2.45) is 5.73 Å². The smallest absolute Gasteiger partial charge is 0.254 e. The Hall–Kier alpha value is -3.62. The van der Waals surface area contributed by atoms with E-state index in [0.29, 0.717) is 16.1 Å². The van der Waals surface area contributed by atoms with E-state index >= 15 is 0 Å². The van der Waals surface area contributed by atoms with Crippen molar-refractivity contribution in [1.29, 1.82) is 0 Å². The van der Waals surface area contributed by atoms with E-state index in [-0.39, 0.29) is 22.9 Å². The minimum atomic E-state index is -1.34. The maximum absolute atomic E-state index is 12.2. The fourth-order valence-corrected chi connectivity index (χ4v) is 4.22. The van der Waals surface area contributed by atoms with E-state index in [1.54, 1.807) is 30.5 Å². The number of nitrogens with two attached hydrogens (primary N) is 2. The second-order valence-electron chi connectivity index (χ2n) is 8.07. The number of ether oxygens (including phenoxy) is 1. The van der Waals surface area contributed by atoms with Gasteiger partial charge in [-0.2, -0.15) is 15.1 Å². The van der Waals surface area contributed by atoms with Gasteiger partial charge in [-0.1, -0.05) is 23.7 Å². The maximum atomic E-state index is 12.2. The predicted molar refractivity (Wildman–Crippen MR) is 122 cm³/mol. The number of aliphatic hydroxyl groups is 3. The highest BCUT2D eigenvalue weighted by atomic mass is 35.5. The first-order valence-electron chi connectivity index (χ1n) is 10.5. The van der Waals surface area contributed by atoms with Gasteiger partial charge in [-0.15, -0.1) is 0 Å². The second-order valence-corrected chi connectivity index (χ2v) is 8.50. The van der Waals surface area contributed by atoms with Crippen LogP contribution in [0, 0.1) is 0 Å². The molecule has 0 aliphatic carbocycles. The lowest BCUT2D eigenvalue weighted by molar-refractivity contribution is -0.118. The van der Waals surface area contributed by atoms with Gasteiger partial charge in [-0.25, -0.2) is 9.67 Å². The van der Waals surface area contributed by atoms with E-state index in [0.717, 1.165) is 0 Å². The number of benzene rings is 1. The molecule has 5 unspecified atom stereocenters. The van der Waals surface area contributed by atoms with Crippen molar-refractivity contribution in [1.82, 2.24) is 29.3 Å². The molecule has 3 aromatic heterocycles. The molecule has 0 saturated carbocycles. The summed E-state index contributed by atoms with van der Waals surface area (Å²) in [5.41, 5.74) is 13.3. The zero-order valence-corrected chi connectivity index (χ0v) is 18.8. The molecule has 1 aromatic carbocycles. The fraction of sp³-hybridized carbons (Fsp3) is 0.286. The van der Waals surface area contributed by atoms with E-state index in [9.17, 15) is 20.1 Å². The maximum Gasteiger partial charge on any atom is 0.254 e. The number of hydrogen-bond donors (Lipinski definition) is 5. The topological polar surface area (TPSA) is 200 Å². The minimum Gasteiger partial charge on any atom is -0.394 e. The number of halogens is 1. The van der Waals surface area contributed by atoms with Crippen molar-refractivity contribution in [3.05, 3.63) is 59.1 Å². The quantitative estimate of drug-likeness (QED) is 0.229. The average Bonchev–Trinajstić information content (AvgIpc) is 3.54. The predicted octanol–water partition coefficient (Wildman–Crippen LogP) is -0.524. The molecule has 1 fully saturated rings. The van der Waals surface area contributed by atoms with Crippen LogP contribution >= 0.6 is 11.6 Å². The van der Waals surface area contributed by atoms with Gasteiger partial charge < -0.3 is 31.5 Å². The second kappa shape index (κ2) is 8.87. The van der Waals surface area contributed by atoms with Crippen molar-refractivity contribution in [2.75, 3.05) is 12.3 Å². The molecule has 0 radical (unpaired) electrons. The standard InChI is InChI=1S/C21H21ClN8O5/c22-11-3-1-9(2-4-11)13(18(24)34)10-5-26-30(6-10)21-27-17(23)14-19(28-21)29(8-25-14)20-16(33)15(32)12(7-31)35-20/h1-6,8,12-13,15-16,20,31-33H,7H2,(H2,24,34)(H2,23,27,28). The van der Waals surface area contributed by atoms with Crippen molar-refractivity contribution < 1.29 is 24.9 Å². The Morgan fingerprint density at radius 1 is 1.17 bits per heavy atom. The summed E-state index contributed by atoms with van der Waals surface area (Å²) in [5, 5.41) is 34.7. The van der Waals surface area contributed by atoms with Crippen LogP contribution < -0.4 is 11.5 Å². The third-order valence-corrected chi connectivity index (χ3v) is 6.11. The number of nitrogens with zero attached hydrogens (tertiary/aromatic N) is 6. The molecule has 1 saturated heterocycles. The normalized spacial score (nSPS) is 23.1. The van der Waals surface area contributed by atoms with E-state index in [1.165, 1.54) is 21.8 Å². The third kappa shape index (κ3) is 3.98. The SMILES string of the molecule is NC(=O)C(c1ccc(Cl)cc1)c1cnn(-c2nc(N)c3ncn(C4OC(CO)C(O)C4O)c3n2)c1. The molecule has 13 nitrogen and oxygen atoms in total. The number of hydrogen-bond acceptors (Lipinski definition) is 10. The van der Waals surface area contributed by atoms with Gasteiger partial charge in [0.2, 0.25) is 5.91 Å². The Morgan fingerprint density at radius 3 is 2.57 bits per heavy atom. The molecule has 182 valence electrons. The van der Waals surface area contributed by atoms with Gasteiger partial charge >= 0.3 is 0 Å². The highest BCUT2D eigenvalue weighted by Crippen LogP contribution is 2.32. The van der Waals surface area contributed by atoms with Crippen molar-refractivity contribution >= 4 is 34.5 Å². The zero-order valence-electron chi connectivity index (χ0n) is 18.0. The van der Waals surface area contributed by atoms with Crippen LogP contribution in [0.4, 0.5) is 5.82 Å². The average molecular weight is 501 g/mol. The number of amides is 1. The Balaban J connectivity index is 1.53. The number of primary amides is 1. The summed E-state index contributed by atoms with van der Waals surface area (Å²) < 4.78 is 8.30. The summed E-state index contributed by atoms with van der Waals surface area (Å²) in [6.07, 6.45) is -0.304. The van der Waals surface area contributed by atoms with Gasteiger partial charge in [0.05, 0.1) is 25.0 Å². The van der Waals surface area contributed by atoms with Gasteiger partial charge in [0.1, 0.15) is 23.8 Å². The van der Waals surface area contributed by atoms with Crippen LogP contribution in [0.15, 0.2) is 43.0 Å². The molecular formula is C21H21ClN8O5. The third-order valence-electron chi connectivity index (χ3n) is 5.86. The van der Waals surface area contributed by atoms with Crippen LogP contribution in [0.2, 0.25) is 5.02 Å². The van der Waals surface area contributed by atoms with E-state index in [4.69, 9.17) is 27.8 Å². The highest BCUT2D eigenvalue weighted by Gasteiger charge is 2.44. The Morgan fingerprint density at radius 2 is 1.91 bits per heavy atom. The lowest BCUT2D eigenvalue weighted by Gasteiger charge is -2.16. The van der Waals surface area contributed by atoms with Gasteiger partial charge in [0, 0.05) is 16.8 Å². The van der Waals surface area contributed by atoms with Gasteiger partial charge in [-0.05, 0) is 17.7 Å². The van der Waals surface area contributed by atoms with Crippen LogP contribution in [-0.2, 0) is 9.53 Å². The number of aliphatic hydroxyl groups excluding tert-OH is 3. The number of anilines is 1.